The van der Waals surface area contributed by atoms with Crippen molar-refractivity contribution in [2.24, 2.45) is 0 Å². The van der Waals surface area contributed by atoms with Crippen molar-refractivity contribution in [1.29, 1.82) is 0 Å². The fourth-order valence-electron chi connectivity index (χ4n) is 0.356. The summed E-state index contributed by atoms with van der Waals surface area (Å²) in [7, 11) is 0. The van der Waals surface area contributed by atoms with Crippen molar-refractivity contribution in [3.05, 3.63) is 12.2 Å². The van der Waals surface area contributed by atoms with E-state index in [9.17, 15) is 14.4 Å². The van der Waals surface area contributed by atoms with Crippen molar-refractivity contribution >= 4 is 30.4 Å². The third kappa shape index (κ3) is 5.92. The molecule has 0 fully saturated rings. The Labute approximate surface area is 80.2 Å². The number of carboxylic acid groups (broad SMARTS) is 1. The molecule has 2 amide bonds. The second-order valence-corrected chi connectivity index (χ2v) is 2.98. The maximum atomic E-state index is 10.0. The SMILES string of the molecule is CC(S)C(=O)O.O=C1C=CC(=O)N1. The third-order valence-electron chi connectivity index (χ3n) is 0.990. The van der Waals surface area contributed by atoms with Crippen LogP contribution < -0.4 is 5.32 Å². The van der Waals surface area contributed by atoms with Crippen molar-refractivity contribution in [2.75, 3.05) is 0 Å². The maximum absolute atomic E-state index is 10.0. The first kappa shape index (κ1) is 11.7. The number of amides is 2. The van der Waals surface area contributed by atoms with E-state index in [0.717, 1.165) is 0 Å². The van der Waals surface area contributed by atoms with Crippen LogP contribution in [0.4, 0.5) is 0 Å². The van der Waals surface area contributed by atoms with Gasteiger partial charge < -0.3 is 5.11 Å². The highest BCUT2D eigenvalue weighted by Crippen LogP contribution is 1.88. The van der Waals surface area contributed by atoms with E-state index in [-0.39, 0.29) is 11.8 Å². The minimum atomic E-state index is -0.877. The molecule has 1 aliphatic heterocycles. The van der Waals surface area contributed by atoms with Crippen LogP contribution in [0.25, 0.3) is 0 Å². The van der Waals surface area contributed by atoms with Crippen molar-refractivity contribution < 1.29 is 19.5 Å². The summed E-state index contributed by atoms with van der Waals surface area (Å²) >= 11 is 3.59. The van der Waals surface area contributed by atoms with E-state index in [1.807, 2.05) is 5.32 Å². The Morgan fingerprint density at radius 2 is 1.77 bits per heavy atom. The lowest BCUT2D eigenvalue weighted by molar-refractivity contribution is -0.136. The van der Waals surface area contributed by atoms with E-state index in [2.05, 4.69) is 12.6 Å². The van der Waals surface area contributed by atoms with Gasteiger partial charge in [-0.25, -0.2) is 0 Å². The average Bonchev–Trinajstić information content (AvgIpc) is 2.35. The molecule has 0 aromatic rings. The summed E-state index contributed by atoms with van der Waals surface area (Å²) in [6.45, 7) is 1.51. The molecule has 0 bridgehead atoms. The Morgan fingerprint density at radius 1 is 1.46 bits per heavy atom. The zero-order valence-electron chi connectivity index (χ0n) is 6.85. The van der Waals surface area contributed by atoms with Crippen LogP contribution in [0.5, 0.6) is 0 Å². The first-order valence-electron chi connectivity index (χ1n) is 3.37. The van der Waals surface area contributed by atoms with Crippen molar-refractivity contribution in [2.45, 2.75) is 12.2 Å². The van der Waals surface area contributed by atoms with E-state index in [4.69, 9.17) is 5.11 Å². The molecule has 0 aromatic carbocycles. The van der Waals surface area contributed by atoms with Crippen LogP contribution in [-0.2, 0) is 14.4 Å². The Hall–Kier alpha value is -1.30. The molecule has 2 N–H and O–H groups in total. The van der Waals surface area contributed by atoms with Crippen LogP contribution in [0.3, 0.4) is 0 Å². The van der Waals surface area contributed by atoms with Crippen LogP contribution in [0.1, 0.15) is 6.92 Å². The molecule has 1 unspecified atom stereocenters. The highest BCUT2D eigenvalue weighted by atomic mass is 32.1. The van der Waals surface area contributed by atoms with Gasteiger partial charge in [-0.2, -0.15) is 12.6 Å². The van der Waals surface area contributed by atoms with E-state index in [1.165, 1.54) is 19.1 Å². The summed E-state index contributed by atoms with van der Waals surface area (Å²) in [4.78, 5) is 29.7. The Balaban J connectivity index is 0.000000226. The molecule has 0 radical (unpaired) electrons. The normalized spacial score (nSPS) is 15.8. The number of carbonyl (C=O) groups is 3. The second kappa shape index (κ2) is 5.36. The summed E-state index contributed by atoms with van der Waals surface area (Å²) in [5, 5.41) is 9.41. The predicted molar refractivity (Wildman–Crippen MR) is 48.4 cm³/mol. The lowest BCUT2D eigenvalue weighted by atomic mass is 10.5. The fourth-order valence-corrected chi connectivity index (χ4v) is 0.356. The number of imide groups is 1. The number of carbonyl (C=O) groups excluding carboxylic acids is 2. The van der Waals surface area contributed by atoms with E-state index in [1.54, 1.807) is 0 Å². The van der Waals surface area contributed by atoms with Gasteiger partial charge in [0.15, 0.2) is 0 Å². The zero-order valence-corrected chi connectivity index (χ0v) is 7.75. The van der Waals surface area contributed by atoms with Gasteiger partial charge in [0.1, 0.15) is 0 Å². The largest absolute Gasteiger partial charge is 0.480 e. The quantitative estimate of drug-likeness (QED) is 0.399. The minimum absolute atomic E-state index is 0.329. The fraction of sp³-hybridized carbons (Fsp3) is 0.286. The van der Waals surface area contributed by atoms with Crippen LogP contribution in [0.15, 0.2) is 12.2 Å². The Morgan fingerprint density at radius 3 is 1.85 bits per heavy atom. The lowest BCUT2D eigenvalue weighted by Gasteiger charge is -1.88. The van der Waals surface area contributed by atoms with Crippen LogP contribution in [0.2, 0.25) is 0 Å². The molecule has 1 atom stereocenters. The number of hydrogen-bond acceptors (Lipinski definition) is 4. The first-order chi connectivity index (χ1) is 5.93. The summed E-state index contributed by atoms with van der Waals surface area (Å²) in [5.41, 5.74) is 0. The molecule has 1 aliphatic rings. The molecule has 0 aromatic heterocycles. The highest BCUT2D eigenvalue weighted by Gasteiger charge is 2.06. The molecule has 1 heterocycles. The van der Waals surface area contributed by atoms with E-state index >= 15 is 0 Å². The van der Waals surface area contributed by atoms with Gasteiger partial charge in [0.2, 0.25) is 0 Å². The summed E-state index contributed by atoms with van der Waals surface area (Å²) < 4.78 is 0. The van der Waals surface area contributed by atoms with E-state index < -0.39 is 11.2 Å². The summed E-state index contributed by atoms with van der Waals surface area (Å²) in [6.07, 6.45) is 2.39. The van der Waals surface area contributed by atoms with Gasteiger partial charge >= 0.3 is 5.97 Å². The van der Waals surface area contributed by atoms with Crippen LogP contribution in [-0.4, -0.2) is 28.1 Å². The van der Waals surface area contributed by atoms with Gasteiger partial charge in [0.25, 0.3) is 11.8 Å². The Kier molecular flexibility index (Phi) is 4.83. The number of carboxylic acids is 1. The molecule has 0 saturated heterocycles. The topological polar surface area (TPSA) is 83.5 Å². The van der Waals surface area contributed by atoms with Crippen LogP contribution in [0, 0.1) is 0 Å². The second-order valence-electron chi connectivity index (χ2n) is 2.20. The Bertz CT molecular complexity index is 243. The van der Waals surface area contributed by atoms with Gasteiger partial charge in [-0.15, -0.1) is 0 Å². The molecule has 6 heteroatoms. The maximum Gasteiger partial charge on any atom is 0.316 e. The molecule has 0 saturated carbocycles. The summed E-state index contributed by atoms with van der Waals surface area (Å²) in [5.74, 6) is -1.53. The number of hydrogen-bond donors (Lipinski definition) is 3. The molecular weight excluding hydrogens is 194 g/mol. The summed E-state index contributed by atoms with van der Waals surface area (Å²) in [6, 6.07) is 0. The predicted octanol–water partition coefficient (Wildman–Crippen LogP) is -0.412. The standard InChI is InChI=1S/C4H3NO2.C3H6O2S/c6-3-1-2-4(7)5-3;1-2(6)3(4)5/h1-2H,(H,5,6,7);2,6H,1H3,(H,4,5). The van der Waals surface area contributed by atoms with Gasteiger partial charge in [-0.1, -0.05) is 0 Å². The van der Waals surface area contributed by atoms with Crippen molar-refractivity contribution in [3.8, 4) is 0 Å². The van der Waals surface area contributed by atoms with Gasteiger partial charge in [0.05, 0.1) is 5.25 Å². The molecule has 1 rings (SSSR count). The number of aliphatic carboxylic acids is 1. The van der Waals surface area contributed by atoms with E-state index in [0.29, 0.717) is 0 Å². The molecule has 72 valence electrons. The average molecular weight is 203 g/mol. The lowest BCUT2D eigenvalue weighted by Crippen LogP contribution is -2.19. The zero-order chi connectivity index (χ0) is 10.4. The van der Waals surface area contributed by atoms with Gasteiger partial charge in [-0.3, -0.25) is 19.7 Å². The smallest absolute Gasteiger partial charge is 0.316 e. The molecule has 0 spiro atoms. The van der Waals surface area contributed by atoms with Gasteiger partial charge in [0, 0.05) is 12.2 Å². The van der Waals surface area contributed by atoms with Crippen molar-refractivity contribution in [3.63, 3.8) is 0 Å². The molecule has 0 aliphatic carbocycles. The number of rotatable bonds is 1. The number of thiol groups is 1. The van der Waals surface area contributed by atoms with Crippen molar-refractivity contribution in [1.82, 2.24) is 5.32 Å². The first-order valence-corrected chi connectivity index (χ1v) is 3.89. The molecule has 13 heavy (non-hydrogen) atoms. The molecule has 5 nitrogen and oxygen atoms in total. The number of nitrogens with one attached hydrogen (secondary N) is 1. The highest BCUT2D eigenvalue weighted by molar-refractivity contribution is 7.81. The third-order valence-corrected chi connectivity index (χ3v) is 1.21. The monoisotopic (exact) mass is 203 g/mol. The van der Waals surface area contributed by atoms with Gasteiger partial charge in [-0.05, 0) is 6.92 Å². The van der Waals surface area contributed by atoms with Crippen LogP contribution >= 0.6 is 12.6 Å². The molecular formula is C7H9NO4S. The minimum Gasteiger partial charge on any atom is -0.480 e.